The fraction of sp³-hybridized carbons (Fsp3) is 0.464. The molecule has 11 nitrogen and oxygen atoms in total. The smallest absolute Gasteiger partial charge is 0.408 e. The average molecular weight is 577 g/mol. The van der Waals surface area contributed by atoms with E-state index in [4.69, 9.17) is 10.5 Å². The zero-order valence-electron chi connectivity index (χ0n) is 23.2. The Morgan fingerprint density at radius 3 is 2.08 bits per heavy atom. The molecule has 3 amide bonds. The first-order valence-corrected chi connectivity index (χ1v) is 14.9. The van der Waals surface area contributed by atoms with E-state index in [1.54, 1.807) is 48.5 Å². The molecule has 0 aromatic heterocycles. The molecule has 1 unspecified atom stereocenters. The molecule has 0 aliphatic rings. The van der Waals surface area contributed by atoms with Gasteiger partial charge in [-0.1, -0.05) is 74.5 Å². The molecule has 0 spiro atoms. The Balaban J connectivity index is 2.19. The Morgan fingerprint density at radius 2 is 1.55 bits per heavy atom. The number of alkyl carbamates (subject to hydrolysis) is 1. The number of nitrogens with zero attached hydrogens (tertiary/aromatic N) is 1. The molecule has 0 bridgehead atoms. The van der Waals surface area contributed by atoms with E-state index in [1.165, 1.54) is 4.31 Å². The molecule has 0 aliphatic carbocycles. The predicted octanol–water partition coefficient (Wildman–Crippen LogP) is 1.55. The number of nitrogens with two attached hydrogens (primary N) is 1. The first kappa shape index (κ1) is 32.7. The van der Waals surface area contributed by atoms with Crippen molar-refractivity contribution in [1.29, 1.82) is 0 Å². The van der Waals surface area contributed by atoms with Gasteiger partial charge in [0, 0.05) is 13.1 Å². The molecule has 12 heteroatoms. The zero-order chi connectivity index (χ0) is 29.7. The van der Waals surface area contributed by atoms with E-state index in [-0.39, 0.29) is 32.0 Å². The number of carbonyl (C=O) groups excluding carboxylic acids is 3. The van der Waals surface area contributed by atoms with E-state index >= 15 is 0 Å². The molecule has 40 heavy (non-hydrogen) atoms. The summed E-state index contributed by atoms with van der Waals surface area (Å²) in [6, 6.07) is 15.6. The average Bonchev–Trinajstić information content (AvgIpc) is 2.89. The van der Waals surface area contributed by atoms with Crippen LogP contribution in [0.4, 0.5) is 4.79 Å². The van der Waals surface area contributed by atoms with E-state index in [0.29, 0.717) is 6.42 Å². The fourth-order valence-corrected chi connectivity index (χ4v) is 4.74. The molecule has 0 saturated carbocycles. The SMILES string of the molecule is CC(C)CCN(C[C@@H](O)C(Cc1ccccc1)NC(=O)[C@H](CC(N)=O)NC(=O)OCc1ccccc1)S(C)(=O)=O. The van der Waals surface area contributed by atoms with E-state index in [0.717, 1.165) is 17.4 Å². The summed E-state index contributed by atoms with van der Waals surface area (Å²) in [5.41, 5.74) is 6.83. The maximum atomic E-state index is 13.3. The highest BCUT2D eigenvalue weighted by Crippen LogP contribution is 2.13. The largest absolute Gasteiger partial charge is 0.445 e. The maximum absolute atomic E-state index is 13.3. The van der Waals surface area contributed by atoms with Gasteiger partial charge >= 0.3 is 6.09 Å². The molecule has 5 N–H and O–H groups in total. The summed E-state index contributed by atoms with van der Waals surface area (Å²) in [5, 5.41) is 16.2. The number of amides is 3. The second kappa shape index (κ2) is 15.9. The third-order valence-corrected chi connectivity index (χ3v) is 7.40. The molecule has 0 aliphatic heterocycles. The normalized spacial score (nSPS) is 13.8. The Hall–Kier alpha value is -3.48. The van der Waals surface area contributed by atoms with Crippen LogP contribution >= 0.6 is 0 Å². The Labute approximate surface area is 236 Å². The number of rotatable bonds is 16. The standard InChI is InChI=1S/C28H40N4O7S/c1-20(2)14-15-32(40(3,37)38)18-25(33)23(16-21-10-6-4-7-11-21)30-27(35)24(17-26(29)34)31-28(36)39-19-22-12-8-5-9-13-22/h4-13,20,23-25,33H,14-19H2,1-3H3,(H2,29,34)(H,30,35)(H,31,36)/t23?,24-,25+/m0/s1. The highest BCUT2D eigenvalue weighted by atomic mass is 32.2. The lowest BCUT2D eigenvalue weighted by Gasteiger charge is -2.30. The van der Waals surface area contributed by atoms with Gasteiger partial charge in [-0.05, 0) is 29.9 Å². The van der Waals surface area contributed by atoms with Crippen molar-refractivity contribution in [2.45, 2.75) is 57.9 Å². The van der Waals surface area contributed by atoms with Gasteiger partial charge in [0.1, 0.15) is 12.6 Å². The number of benzene rings is 2. The third kappa shape index (κ3) is 12.1. The van der Waals surface area contributed by atoms with Crippen molar-refractivity contribution in [3.8, 4) is 0 Å². The molecule has 2 aromatic rings. The zero-order valence-corrected chi connectivity index (χ0v) is 24.0. The number of sulfonamides is 1. The van der Waals surface area contributed by atoms with Crippen molar-refractivity contribution in [1.82, 2.24) is 14.9 Å². The number of primary amides is 1. The highest BCUT2D eigenvalue weighted by Gasteiger charge is 2.31. The summed E-state index contributed by atoms with van der Waals surface area (Å²) < 4.78 is 31.2. The summed E-state index contributed by atoms with van der Waals surface area (Å²) >= 11 is 0. The minimum Gasteiger partial charge on any atom is -0.445 e. The summed E-state index contributed by atoms with van der Waals surface area (Å²) in [6.45, 7) is 3.83. The van der Waals surface area contributed by atoms with E-state index in [2.05, 4.69) is 10.6 Å². The maximum Gasteiger partial charge on any atom is 0.408 e. The van der Waals surface area contributed by atoms with Crippen LogP contribution in [0.15, 0.2) is 60.7 Å². The quantitative estimate of drug-likeness (QED) is 0.235. The molecule has 0 fully saturated rings. The van der Waals surface area contributed by atoms with Crippen LogP contribution in [0.5, 0.6) is 0 Å². The molecule has 3 atom stereocenters. The number of nitrogens with one attached hydrogen (secondary N) is 2. The van der Waals surface area contributed by atoms with Gasteiger partial charge in [-0.3, -0.25) is 9.59 Å². The van der Waals surface area contributed by atoms with Crippen LogP contribution in [0.25, 0.3) is 0 Å². The Morgan fingerprint density at radius 1 is 0.975 bits per heavy atom. The lowest BCUT2D eigenvalue weighted by molar-refractivity contribution is -0.128. The van der Waals surface area contributed by atoms with Crippen LogP contribution in [0.1, 0.15) is 37.8 Å². The molecule has 0 radical (unpaired) electrons. The highest BCUT2D eigenvalue weighted by molar-refractivity contribution is 7.88. The monoisotopic (exact) mass is 576 g/mol. The fourth-order valence-electron chi connectivity index (χ4n) is 3.88. The summed E-state index contributed by atoms with van der Waals surface area (Å²) in [4.78, 5) is 37.4. The van der Waals surface area contributed by atoms with Crippen molar-refractivity contribution in [3.63, 3.8) is 0 Å². The lowest BCUT2D eigenvalue weighted by atomic mass is 10.00. The first-order valence-electron chi connectivity index (χ1n) is 13.1. The number of ether oxygens (including phenoxy) is 1. The van der Waals surface area contributed by atoms with Crippen LogP contribution in [0.3, 0.4) is 0 Å². The molecule has 0 heterocycles. The number of aliphatic hydroxyl groups excluding tert-OH is 1. The van der Waals surface area contributed by atoms with Crippen molar-refractivity contribution < 1.29 is 32.6 Å². The van der Waals surface area contributed by atoms with Crippen LogP contribution in [0, 0.1) is 5.92 Å². The summed E-state index contributed by atoms with van der Waals surface area (Å²) in [7, 11) is -3.64. The molecule has 0 saturated heterocycles. The van der Waals surface area contributed by atoms with Crippen LogP contribution in [-0.2, 0) is 37.4 Å². The second-order valence-electron chi connectivity index (χ2n) is 10.1. The minimum absolute atomic E-state index is 0.0510. The summed E-state index contributed by atoms with van der Waals surface area (Å²) in [5.74, 6) is -1.37. The molecular weight excluding hydrogens is 536 g/mol. The molecule has 2 aromatic carbocycles. The van der Waals surface area contributed by atoms with Crippen molar-refractivity contribution in [3.05, 3.63) is 71.8 Å². The first-order chi connectivity index (χ1) is 18.8. The van der Waals surface area contributed by atoms with Gasteiger partial charge in [-0.2, -0.15) is 4.31 Å². The van der Waals surface area contributed by atoms with Gasteiger partial charge in [-0.15, -0.1) is 0 Å². The van der Waals surface area contributed by atoms with Gasteiger partial charge in [0.2, 0.25) is 21.8 Å². The van der Waals surface area contributed by atoms with Crippen LogP contribution in [0.2, 0.25) is 0 Å². The van der Waals surface area contributed by atoms with Crippen molar-refractivity contribution >= 4 is 27.9 Å². The van der Waals surface area contributed by atoms with Gasteiger partial charge in [0.25, 0.3) is 0 Å². The number of hydrogen-bond donors (Lipinski definition) is 4. The number of carbonyl (C=O) groups is 3. The van der Waals surface area contributed by atoms with Crippen LogP contribution in [-0.4, -0.2) is 73.3 Å². The molecular formula is C28H40N4O7S. The third-order valence-electron chi connectivity index (χ3n) is 6.13. The second-order valence-corrected chi connectivity index (χ2v) is 12.1. The Kier molecular flexibility index (Phi) is 13.0. The van der Waals surface area contributed by atoms with Crippen LogP contribution < -0.4 is 16.4 Å². The van der Waals surface area contributed by atoms with Gasteiger partial charge < -0.3 is 26.2 Å². The minimum atomic E-state index is -3.64. The van der Waals surface area contributed by atoms with E-state index in [9.17, 15) is 27.9 Å². The number of hydrogen-bond acceptors (Lipinski definition) is 7. The van der Waals surface area contributed by atoms with E-state index in [1.807, 2.05) is 26.0 Å². The lowest BCUT2D eigenvalue weighted by Crippen LogP contribution is -2.56. The van der Waals surface area contributed by atoms with Crippen molar-refractivity contribution in [2.24, 2.45) is 11.7 Å². The van der Waals surface area contributed by atoms with Gasteiger partial charge in [0.05, 0.1) is 24.8 Å². The summed E-state index contributed by atoms with van der Waals surface area (Å²) in [6.07, 6.45) is -0.918. The van der Waals surface area contributed by atoms with E-state index < -0.39 is 52.5 Å². The topological polar surface area (TPSA) is 168 Å². The van der Waals surface area contributed by atoms with Crippen molar-refractivity contribution in [2.75, 3.05) is 19.3 Å². The molecule has 2 rings (SSSR count). The number of aliphatic hydroxyl groups is 1. The predicted molar refractivity (Wildman–Crippen MR) is 151 cm³/mol. The molecule has 220 valence electrons. The van der Waals surface area contributed by atoms with Gasteiger partial charge in [-0.25, -0.2) is 13.2 Å². The Bertz CT molecular complexity index is 1190. The van der Waals surface area contributed by atoms with Gasteiger partial charge in [0.15, 0.2) is 0 Å².